The van der Waals surface area contributed by atoms with Gasteiger partial charge < -0.3 is 10.1 Å². The first-order valence-corrected chi connectivity index (χ1v) is 3.48. The summed E-state index contributed by atoms with van der Waals surface area (Å²) in [6.45, 7) is 2.00. The molecular formula is C5H12BrNO. The molecule has 0 fully saturated rings. The molecule has 1 unspecified atom stereocenters. The summed E-state index contributed by atoms with van der Waals surface area (Å²) in [6.07, 6.45) is 0.222. The van der Waals surface area contributed by atoms with Crippen LogP contribution in [0, 0.1) is 0 Å². The minimum absolute atomic E-state index is 0.222. The van der Waals surface area contributed by atoms with Gasteiger partial charge in [-0.2, -0.15) is 0 Å². The zero-order chi connectivity index (χ0) is 6.57. The van der Waals surface area contributed by atoms with Crippen LogP contribution in [-0.2, 0) is 4.74 Å². The van der Waals surface area contributed by atoms with Crippen molar-refractivity contribution in [1.82, 2.24) is 5.32 Å². The molecule has 0 amide bonds. The predicted octanol–water partition coefficient (Wildman–Crippen LogP) is 0.962. The summed E-state index contributed by atoms with van der Waals surface area (Å²) in [4.78, 5) is 0.257. The Hall–Kier alpha value is 0.400. The van der Waals surface area contributed by atoms with Crippen LogP contribution in [0.3, 0.4) is 0 Å². The SMILES string of the molecule is CNC(Br)[C@@H](C)OC. The van der Waals surface area contributed by atoms with Gasteiger partial charge in [0.05, 0.1) is 11.1 Å². The van der Waals surface area contributed by atoms with Crippen LogP contribution in [0.25, 0.3) is 0 Å². The van der Waals surface area contributed by atoms with Crippen molar-refractivity contribution in [1.29, 1.82) is 0 Å². The molecule has 0 aliphatic rings. The highest BCUT2D eigenvalue weighted by Gasteiger charge is 2.08. The summed E-state index contributed by atoms with van der Waals surface area (Å²) < 4.78 is 4.99. The van der Waals surface area contributed by atoms with Crippen LogP contribution in [0.2, 0.25) is 0 Å². The number of alkyl halides is 1. The topological polar surface area (TPSA) is 21.3 Å². The number of rotatable bonds is 3. The molecular weight excluding hydrogens is 170 g/mol. The van der Waals surface area contributed by atoms with Gasteiger partial charge in [-0.3, -0.25) is 0 Å². The van der Waals surface area contributed by atoms with Gasteiger partial charge in [-0.05, 0) is 14.0 Å². The Balaban J connectivity index is 3.29. The molecule has 0 spiro atoms. The minimum Gasteiger partial charge on any atom is -0.379 e. The number of hydrogen-bond donors (Lipinski definition) is 1. The molecule has 50 valence electrons. The highest BCUT2D eigenvalue weighted by molar-refractivity contribution is 9.09. The van der Waals surface area contributed by atoms with Crippen molar-refractivity contribution in [3.63, 3.8) is 0 Å². The van der Waals surface area contributed by atoms with Crippen molar-refractivity contribution in [3.8, 4) is 0 Å². The van der Waals surface area contributed by atoms with Crippen molar-refractivity contribution >= 4 is 15.9 Å². The second-order valence-corrected chi connectivity index (χ2v) is 2.62. The number of halogens is 1. The van der Waals surface area contributed by atoms with Gasteiger partial charge in [0, 0.05) is 7.11 Å². The summed E-state index contributed by atoms with van der Waals surface area (Å²) in [5.41, 5.74) is 0. The average molecular weight is 182 g/mol. The first-order valence-electron chi connectivity index (χ1n) is 2.56. The maximum atomic E-state index is 4.99. The number of likely N-dealkylation sites (N-methyl/N-ethyl adjacent to an activating group) is 1. The third kappa shape index (κ3) is 2.64. The molecule has 0 saturated carbocycles. The van der Waals surface area contributed by atoms with Gasteiger partial charge in [0.1, 0.15) is 0 Å². The second kappa shape index (κ2) is 4.30. The van der Waals surface area contributed by atoms with Gasteiger partial charge >= 0.3 is 0 Å². The van der Waals surface area contributed by atoms with Gasteiger partial charge in [-0.25, -0.2) is 0 Å². The van der Waals surface area contributed by atoms with E-state index in [1.807, 2.05) is 14.0 Å². The van der Waals surface area contributed by atoms with Crippen molar-refractivity contribution in [2.45, 2.75) is 18.0 Å². The average Bonchev–Trinajstić information content (AvgIpc) is 1.84. The van der Waals surface area contributed by atoms with Crippen LogP contribution in [0.15, 0.2) is 0 Å². The largest absolute Gasteiger partial charge is 0.379 e. The molecule has 0 aliphatic carbocycles. The molecule has 0 aromatic rings. The Morgan fingerprint density at radius 2 is 2.12 bits per heavy atom. The number of ether oxygens (including phenoxy) is 1. The first-order chi connectivity index (χ1) is 3.72. The van der Waals surface area contributed by atoms with Crippen molar-refractivity contribution in [3.05, 3.63) is 0 Å². The fourth-order valence-electron chi connectivity index (χ4n) is 0.354. The number of methoxy groups -OCH3 is 1. The quantitative estimate of drug-likeness (QED) is 0.518. The summed E-state index contributed by atoms with van der Waals surface area (Å²) >= 11 is 3.37. The first kappa shape index (κ1) is 8.40. The Morgan fingerprint density at radius 1 is 1.62 bits per heavy atom. The third-order valence-corrected chi connectivity index (χ3v) is 2.26. The Bertz CT molecular complexity index is 52.4. The van der Waals surface area contributed by atoms with E-state index < -0.39 is 0 Å². The Kier molecular flexibility index (Phi) is 4.51. The van der Waals surface area contributed by atoms with E-state index >= 15 is 0 Å². The number of hydrogen-bond acceptors (Lipinski definition) is 2. The fourth-order valence-corrected chi connectivity index (χ4v) is 0.570. The van der Waals surface area contributed by atoms with Crippen LogP contribution in [-0.4, -0.2) is 25.2 Å². The number of nitrogens with one attached hydrogen (secondary N) is 1. The monoisotopic (exact) mass is 181 g/mol. The van der Waals surface area contributed by atoms with E-state index in [1.165, 1.54) is 0 Å². The highest BCUT2D eigenvalue weighted by Crippen LogP contribution is 2.02. The van der Waals surface area contributed by atoms with E-state index in [1.54, 1.807) is 7.11 Å². The minimum atomic E-state index is 0.222. The summed E-state index contributed by atoms with van der Waals surface area (Å²) in [6, 6.07) is 0. The van der Waals surface area contributed by atoms with Crippen LogP contribution < -0.4 is 5.32 Å². The van der Waals surface area contributed by atoms with Crippen LogP contribution in [0.5, 0.6) is 0 Å². The van der Waals surface area contributed by atoms with Crippen molar-refractivity contribution in [2.75, 3.05) is 14.2 Å². The zero-order valence-electron chi connectivity index (χ0n) is 5.44. The molecule has 1 N–H and O–H groups in total. The highest BCUT2D eigenvalue weighted by atomic mass is 79.9. The van der Waals surface area contributed by atoms with Crippen LogP contribution in [0.4, 0.5) is 0 Å². The van der Waals surface area contributed by atoms with Gasteiger partial charge in [-0.1, -0.05) is 15.9 Å². The molecule has 0 rings (SSSR count). The van der Waals surface area contributed by atoms with E-state index in [-0.39, 0.29) is 11.1 Å². The van der Waals surface area contributed by atoms with E-state index in [0.717, 1.165) is 0 Å². The summed E-state index contributed by atoms with van der Waals surface area (Å²) in [5.74, 6) is 0. The van der Waals surface area contributed by atoms with Gasteiger partial charge in [0.15, 0.2) is 0 Å². The molecule has 8 heavy (non-hydrogen) atoms. The van der Waals surface area contributed by atoms with Gasteiger partial charge in [-0.15, -0.1) is 0 Å². The molecule has 0 bridgehead atoms. The summed E-state index contributed by atoms with van der Waals surface area (Å²) in [7, 11) is 3.57. The van der Waals surface area contributed by atoms with Crippen molar-refractivity contribution in [2.24, 2.45) is 0 Å². The summed E-state index contributed by atoms with van der Waals surface area (Å²) in [5, 5.41) is 3.01. The molecule has 0 aromatic carbocycles. The Morgan fingerprint density at radius 3 is 2.25 bits per heavy atom. The lowest BCUT2D eigenvalue weighted by Gasteiger charge is -2.14. The zero-order valence-corrected chi connectivity index (χ0v) is 7.03. The van der Waals surface area contributed by atoms with E-state index in [4.69, 9.17) is 4.74 Å². The van der Waals surface area contributed by atoms with E-state index in [9.17, 15) is 0 Å². The van der Waals surface area contributed by atoms with Crippen LogP contribution >= 0.6 is 15.9 Å². The van der Waals surface area contributed by atoms with Gasteiger partial charge in [0.2, 0.25) is 0 Å². The second-order valence-electron chi connectivity index (χ2n) is 1.63. The van der Waals surface area contributed by atoms with Crippen molar-refractivity contribution < 1.29 is 4.74 Å². The predicted molar refractivity (Wildman–Crippen MR) is 38.2 cm³/mol. The lowest BCUT2D eigenvalue weighted by molar-refractivity contribution is 0.112. The molecule has 0 heterocycles. The smallest absolute Gasteiger partial charge is 0.0891 e. The third-order valence-electron chi connectivity index (χ3n) is 1.06. The Labute approximate surface area is 58.7 Å². The molecule has 0 saturated heterocycles. The molecule has 0 radical (unpaired) electrons. The maximum Gasteiger partial charge on any atom is 0.0891 e. The molecule has 3 heteroatoms. The normalized spacial score (nSPS) is 18.0. The molecule has 2 nitrogen and oxygen atoms in total. The van der Waals surface area contributed by atoms with Crippen LogP contribution in [0.1, 0.15) is 6.92 Å². The molecule has 0 aliphatic heterocycles. The molecule has 0 aromatic heterocycles. The lowest BCUT2D eigenvalue weighted by atomic mass is 10.4. The lowest BCUT2D eigenvalue weighted by Crippen LogP contribution is -2.30. The molecule has 2 atom stereocenters. The van der Waals surface area contributed by atoms with E-state index in [0.29, 0.717) is 0 Å². The standard InChI is InChI=1S/C5H12BrNO/c1-4(8-3)5(6)7-2/h4-5,7H,1-3H3/t4-,5?/m1/s1. The maximum absolute atomic E-state index is 4.99. The van der Waals surface area contributed by atoms with E-state index in [2.05, 4.69) is 21.2 Å². The van der Waals surface area contributed by atoms with Gasteiger partial charge in [0.25, 0.3) is 0 Å². The fraction of sp³-hybridized carbons (Fsp3) is 1.00.